The van der Waals surface area contributed by atoms with Crippen molar-refractivity contribution in [3.05, 3.63) is 29.8 Å². The zero-order valence-corrected chi connectivity index (χ0v) is 19.8. The molecule has 0 aliphatic rings. The van der Waals surface area contributed by atoms with E-state index in [9.17, 15) is 48.9 Å². The molecule has 0 bridgehead atoms. The molecule has 10 N–H and O–H groups in total. The normalized spacial score (nSPS) is 13.7. The van der Waals surface area contributed by atoms with Gasteiger partial charge in [0.1, 0.15) is 23.9 Å². The summed E-state index contributed by atoms with van der Waals surface area (Å²) in [7, 11) is 0. The quantitative estimate of drug-likeness (QED) is 0.106. The second-order valence-corrected chi connectivity index (χ2v) is 8.13. The lowest BCUT2D eigenvalue weighted by molar-refractivity contribution is -0.143. The van der Waals surface area contributed by atoms with Crippen molar-refractivity contribution in [2.45, 2.75) is 56.3 Å². The number of carboxylic acid groups (broad SMARTS) is 4. The first kappa shape index (κ1) is 31.3. The van der Waals surface area contributed by atoms with E-state index in [1.165, 1.54) is 24.3 Å². The fraction of sp³-hybridized carbons (Fsp3) is 0.409. The molecule has 16 nitrogen and oxygen atoms in total. The number of carboxylic acids is 4. The summed E-state index contributed by atoms with van der Waals surface area (Å²) in [6.07, 6.45) is -3.22. The Balaban J connectivity index is 3.05. The van der Waals surface area contributed by atoms with Crippen molar-refractivity contribution < 1.29 is 59.1 Å². The number of phenolic OH excluding ortho intramolecular Hbond substituents is 1. The molecule has 0 radical (unpaired) electrons. The van der Waals surface area contributed by atoms with Gasteiger partial charge in [-0.05, 0) is 24.1 Å². The zero-order chi connectivity index (χ0) is 29.0. The first-order valence-electron chi connectivity index (χ1n) is 11.0. The Kier molecular flexibility index (Phi) is 12.1. The number of phenols is 1. The summed E-state index contributed by atoms with van der Waals surface area (Å²) in [5.41, 5.74) is 5.85. The molecule has 1 aromatic rings. The van der Waals surface area contributed by atoms with Crippen molar-refractivity contribution in [2.75, 3.05) is 0 Å². The topological polar surface area (TPSA) is 283 Å². The Bertz CT molecular complexity index is 1060. The summed E-state index contributed by atoms with van der Waals surface area (Å²) in [5, 5.41) is 51.9. The third kappa shape index (κ3) is 11.3. The molecule has 0 spiro atoms. The highest BCUT2D eigenvalue weighted by atomic mass is 16.4. The van der Waals surface area contributed by atoms with Gasteiger partial charge in [0.2, 0.25) is 17.7 Å². The standard InChI is InChI=1S/C22H28N4O12/c23-12(8-17(30)31)19(34)24-13(5-6-16(28)29)20(35)25-14(9-18(32)33)21(36)26-15(22(37)38)7-10-1-3-11(27)4-2-10/h1-4,12-15,27H,5-9,23H2,(H,24,34)(H,25,35)(H,26,36)(H,28,29)(H,30,31)(H,32,33)(H,37,38). The molecular formula is C22H28N4O12. The number of benzene rings is 1. The second kappa shape index (κ2) is 14.7. The maximum absolute atomic E-state index is 12.8. The average molecular weight is 540 g/mol. The number of nitrogens with one attached hydrogen (secondary N) is 3. The Hall–Kier alpha value is -4.73. The molecular weight excluding hydrogens is 512 g/mol. The van der Waals surface area contributed by atoms with E-state index in [2.05, 4.69) is 16.0 Å². The zero-order valence-electron chi connectivity index (χ0n) is 19.8. The van der Waals surface area contributed by atoms with Gasteiger partial charge in [-0.2, -0.15) is 0 Å². The van der Waals surface area contributed by atoms with E-state index >= 15 is 0 Å². The van der Waals surface area contributed by atoms with Gasteiger partial charge >= 0.3 is 23.9 Å². The minimum absolute atomic E-state index is 0.0812. The van der Waals surface area contributed by atoms with Crippen LogP contribution in [0.2, 0.25) is 0 Å². The Morgan fingerprint density at radius 2 is 1.18 bits per heavy atom. The Labute approximate surface area is 214 Å². The van der Waals surface area contributed by atoms with Crippen molar-refractivity contribution >= 4 is 41.6 Å². The van der Waals surface area contributed by atoms with Gasteiger partial charge in [0, 0.05) is 12.8 Å². The fourth-order valence-electron chi connectivity index (χ4n) is 3.09. The van der Waals surface area contributed by atoms with Gasteiger partial charge in [-0.3, -0.25) is 28.8 Å². The van der Waals surface area contributed by atoms with E-state index in [1.807, 2.05) is 0 Å². The highest BCUT2D eigenvalue weighted by molar-refractivity contribution is 5.96. The third-order valence-corrected chi connectivity index (χ3v) is 5.01. The number of hydrogen-bond donors (Lipinski definition) is 9. The molecule has 208 valence electrons. The molecule has 0 fully saturated rings. The van der Waals surface area contributed by atoms with Crippen LogP contribution in [0.3, 0.4) is 0 Å². The van der Waals surface area contributed by atoms with E-state index in [1.54, 1.807) is 0 Å². The summed E-state index contributed by atoms with van der Waals surface area (Å²) in [6, 6.07) is -1.25. The summed E-state index contributed by atoms with van der Waals surface area (Å²) in [6.45, 7) is 0. The molecule has 0 aliphatic heterocycles. The predicted molar refractivity (Wildman–Crippen MR) is 125 cm³/mol. The van der Waals surface area contributed by atoms with Crippen molar-refractivity contribution in [1.29, 1.82) is 0 Å². The minimum atomic E-state index is -1.83. The molecule has 0 saturated heterocycles. The highest BCUT2D eigenvalue weighted by Gasteiger charge is 2.32. The van der Waals surface area contributed by atoms with Crippen LogP contribution in [0.25, 0.3) is 0 Å². The SMILES string of the molecule is NC(CC(=O)O)C(=O)NC(CCC(=O)O)C(=O)NC(CC(=O)O)C(=O)NC(Cc1ccc(O)cc1)C(=O)O. The van der Waals surface area contributed by atoms with Gasteiger partial charge in [0.25, 0.3) is 0 Å². The Morgan fingerprint density at radius 1 is 0.684 bits per heavy atom. The van der Waals surface area contributed by atoms with Crippen molar-refractivity contribution in [3.63, 3.8) is 0 Å². The van der Waals surface area contributed by atoms with Crippen LogP contribution < -0.4 is 21.7 Å². The van der Waals surface area contributed by atoms with Gasteiger partial charge < -0.3 is 47.2 Å². The van der Waals surface area contributed by atoms with Crippen LogP contribution in [0.1, 0.15) is 31.2 Å². The number of carbonyl (C=O) groups excluding carboxylic acids is 3. The summed E-state index contributed by atoms with van der Waals surface area (Å²) < 4.78 is 0. The molecule has 1 rings (SSSR count). The molecule has 4 atom stereocenters. The number of amides is 3. The molecule has 38 heavy (non-hydrogen) atoms. The third-order valence-electron chi connectivity index (χ3n) is 5.01. The van der Waals surface area contributed by atoms with Gasteiger partial charge in [-0.15, -0.1) is 0 Å². The van der Waals surface area contributed by atoms with Crippen molar-refractivity contribution in [2.24, 2.45) is 5.73 Å². The van der Waals surface area contributed by atoms with Crippen LogP contribution in [0.4, 0.5) is 0 Å². The molecule has 4 unspecified atom stereocenters. The molecule has 0 aliphatic carbocycles. The molecule has 16 heteroatoms. The molecule has 0 saturated carbocycles. The number of rotatable bonds is 16. The number of hydrogen-bond acceptors (Lipinski definition) is 9. The number of aliphatic carboxylic acids is 4. The fourth-order valence-corrected chi connectivity index (χ4v) is 3.09. The van der Waals surface area contributed by atoms with Crippen LogP contribution >= 0.6 is 0 Å². The van der Waals surface area contributed by atoms with Crippen LogP contribution in [0, 0.1) is 0 Å². The second-order valence-electron chi connectivity index (χ2n) is 8.13. The van der Waals surface area contributed by atoms with Gasteiger partial charge in [0.05, 0.1) is 18.9 Å². The van der Waals surface area contributed by atoms with Crippen molar-refractivity contribution in [1.82, 2.24) is 16.0 Å². The van der Waals surface area contributed by atoms with E-state index in [4.69, 9.17) is 15.9 Å². The van der Waals surface area contributed by atoms with Gasteiger partial charge in [0.15, 0.2) is 0 Å². The van der Waals surface area contributed by atoms with E-state index in [0.29, 0.717) is 5.56 Å². The lowest BCUT2D eigenvalue weighted by Gasteiger charge is -2.24. The number of aromatic hydroxyl groups is 1. The lowest BCUT2D eigenvalue weighted by atomic mass is 10.0. The maximum Gasteiger partial charge on any atom is 0.326 e. The van der Waals surface area contributed by atoms with Gasteiger partial charge in [-0.25, -0.2) is 4.79 Å². The first-order valence-corrected chi connectivity index (χ1v) is 11.0. The lowest BCUT2D eigenvalue weighted by Crippen LogP contribution is -2.57. The molecule has 3 amide bonds. The largest absolute Gasteiger partial charge is 0.508 e. The van der Waals surface area contributed by atoms with Crippen LogP contribution in [0.5, 0.6) is 5.75 Å². The predicted octanol–water partition coefficient (Wildman–Crippen LogP) is -2.38. The molecule has 1 aromatic carbocycles. The van der Waals surface area contributed by atoms with Crippen LogP contribution in [-0.4, -0.2) is 91.3 Å². The van der Waals surface area contributed by atoms with Gasteiger partial charge in [-0.1, -0.05) is 12.1 Å². The summed E-state index contributed by atoms with van der Waals surface area (Å²) >= 11 is 0. The highest BCUT2D eigenvalue weighted by Crippen LogP contribution is 2.12. The van der Waals surface area contributed by atoms with Crippen LogP contribution in [0.15, 0.2) is 24.3 Å². The first-order chi connectivity index (χ1) is 17.7. The average Bonchev–Trinajstić information content (AvgIpc) is 2.80. The smallest absolute Gasteiger partial charge is 0.326 e. The van der Waals surface area contributed by atoms with Crippen molar-refractivity contribution in [3.8, 4) is 5.75 Å². The summed E-state index contributed by atoms with van der Waals surface area (Å²) in [4.78, 5) is 82.4. The molecule has 0 heterocycles. The monoisotopic (exact) mass is 540 g/mol. The minimum Gasteiger partial charge on any atom is -0.508 e. The van der Waals surface area contributed by atoms with E-state index in [0.717, 1.165) is 0 Å². The maximum atomic E-state index is 12.8. The Morgan fingerprint density at radius 3 is 1.68 bits per heavy atom. The van der Waals surface area contributed by atoms with E-state index in [-0.39, 0.29) is 12.2 Å². The van der Waals surface area contributed by atoms with E-state index < -0.39 is 91.4 Å². The summed E-state index contributed by atoms with van der Waals surface area (Å²) in [5.74, 6) is -9.38. The number of carbonyl (C=O) groups is 7. The number of nitrogens with two attached hydrogens (primary N) is 1. The molecule has 0 aromatic heterocycles. The van der Waals surface area contributed by atoms with Crippen LogP contribution in [-0.2, 0) is 40.0 Å².